The highest BCUT2D eigenvalue weighted by Crippen LogP contribution is 2.26. The first kappa shape index (κ1) is 19.4. The number of rotatable bonds is 6. The number of thiophene rings is 1. The molecule has 1 fully saturated rings. The van der Waals surface area contributed by atoms with Crippen LogP contribution in [0.1, 0.15) is 22.5 Å². The van der Waals surface area contributed by atoms with E-state index in [4.69, 9.17) is 0 Å². The first-order valence-electron chi connectivity index (χ1n) is 8.31. The van der Waals surface area contributed by atoms with Gasteiger partial charge in [0.05, 0.1) is 17.2 Å². The minimum atomic E-state index is -3.47. The van der Waals surface area contributed by atoms with Crippen LogP contribution in [0, 0.1) is 6.92 Å². The fraction of sp³-hybridized carbons (Fsp3) is 0.500. The molecule has 0 radical (unpaired) electrons. The van der Waals surface area contributed by atoms with E-state index in [2.05, 4.69) is 20.6 Å². The highest BCUT2D eigenvalue weighted by molar-refractivity contribution is 7.91. The Morgan fingerprint density at radius 3 is 2.62 bits per heavy atom. The third kappa shape index (κ3) is 4.68. The van der Waals surface area contributed by atoms with Crippen LogP contribution in [0.3, 0.4) is 0 Å². The SMILES string of the molecule is CC(=O)NCc1ccc(S(=O)(=O)N2CCN(Cc3csc(C)n3)CC2)s1. The van der Waals surface area contributed by atoms with Gasteiger partial charge in [-0.25, -0.2) is 13.4 Å². The van der Waals surface area contributed by atoms with E-state index in [0.717, 1.165) is 22.1 Å². The lowest BCUT2D eigenvalue weighted by Gasteiger charge is -2.33. The summed E-state index contributed by atoms with van der Waals surface area (Å²) < 4.78 is 27.5. The molecule has 0 bridgehead atoms. The number of aryl methyl sites for hydroxylation is 1. The molecule has 0 spiro atoms. The molecule has 3 rings (SSSR count). The normalized spacial score (nSPS) is 16.7. The molecular formula is C16H22N4O3S3. The van der Waals surface area contributed by atoms with Gasteiger partial charge >= 0.3 is 0 Å². The number of carbonyl (C=O) groups is 1. The van der Waals surface area contributed by atoms with Crippen molar-refractivity contribution in [2.75, 3.05) is 26.2 Å². The number of piperazine rings is 1. The van der Waals surface area contributed by atoms with Gasteiger partial charge < -0.3 is 5.32 Å². The molecule has 2 aromatic heterocycles. The molecule has 1 aliphatic heterocycles. The van der Waals surface area contributed by atoms with Gasteiger partial charge in [-0.3, -0.25) is 9.69 Å². The number of sulfonamides is 1. The van der Waals surface area contributed by atoms with Gasteiger partial charge in [-0.1, -0.05) is 0 Å². The van der Waals surface area contributed by atoms with Gasteiger partial charge in [-0.05, 0) is 19.1 Å². The second-order valence-electron chi connectivity index (χ2n) is 6.17. The molecule has 0 atom stereocenters. The lowest BCUT2D eigenvalue weighted by Crippen LogP contribution is -2.48. The van der Waals surface area contributed by atoms with Crippen molar-refractivity contribution < 1.29 is 13.2 Å². The average Bonchev–Trinajstić information content (AvgIpc) is 3.23. The topological polar surface area (TPSA) is 82.6 Å². The monoisotopic (exact) mass is 414 g/mol. The van der Waals surface area contributed by atoms with Crippen LogP contribution in [0.2, 0.25) is 0 Å². The molecule has 0 unspecified atom stereocenters. The summed E-state index contributed by atoms with van der Waals surface area (Å²) in [6.45, 7) is 6.89. The van der Waals surface area contributed by atoms with Gasteiger partial charge in [0, 0.05) is 49.9 Å². The summed E-state index contributed by atoms with van der Waals surface area (Å²) in [6.07, 6.45) is 0. The van der Waals surface area contributed by atoms with Gasteiger partial charge in [0.2, 0.25) is 5.91 Å². The summed E-state index contributed by atoms with van der Waals surface area (Å²) in [5.41, 5.74) is 1.05. The van der Waals surface area contributed by atoms with E-state index in [0.29, 0.717) is 36.9 Å². The van der Waals surface area contributed by atoms with Gasteiger partial charge in [0.15, 0.2) is 0 Å². The maximum absolute atomic E-state index is 12.8. The van der Waals surface area contributed by atoms with Crippen molar-refractivity contribution >= 4 is 38.6 Å². The van der Waals surface area contributed by atoms with E-state index < -0.39 is 10.0 Å². The Balaban J connectivity index is 1.58. The molecule has 2 aromatic rings. The quantitative estimate of drug-likeness (QED) is 0.777. The second kappa shape index (κ2) is 8.13. The fourth-order valence-electron chi connectivity index (χ4n) is 2.77. The summed E-state index contributed by atoms with van der Waals surface area (Å²) in [4.78, 5) is 18.5. The van der Waals surface area contributed by atoms with Crippen molar-refractivity contribution in [3.63, 3.8) is 0 Å². The molecule has 7 nitrogen and oxygen atoms in total. The number of carbonyl (C=O) groups excluding carboxylic acids is 1. The zero-order valence-corrected chi connectivity index (χ0v) is 17.2. The lowest BCUT2D eigenvalue weighted by molar-refractivity contribution is -0.119. The number of amides is 1. The van der Waals surface area contributed by atoms with E-state index in [1.54, 1.807) is 27.8 Å². The highest BCUT2D eigenvalue weighted by atomic mass is 32.2. The zero-order chi connectivity index (χ0) is 18.7. The molecule has 26 heavy (non-hydrogen) atoms. The average molecular weight is 415 g/mol. The van der Waals surface area contributed by atoms with Crippen LogP contribution in [0.15, 0.2) is 21.7 Å². The zero-order valence-electron chi connectivity index (χ0n) is 14.8. The molecule has 1 amide bonds. The van der Waals surface area contributed by atoms with Crippen LogP contribution < -0.4 is 5.32 Å². The van der Waals surface area contributed by atoms with Crippen molar-refractivity contribution in [3.8, 4) is 0 Å². The molecular weight excluding hydrogens is 392 g/mol. The molecule has 0 saturated carbocycles. The Morgan fingerprint density at radius 2 is 2.00 bits per heavy atom. The standard InChI is InChI=1S/C16H22N4O3S3/c1-12(21)17-9-15-3-4-16(25-15)26(22,23)20-7-5-19(6-8-20)10-14-11-24-13(2)18-14/h3-4,11H,5-10H2,1-2H3,(H,17,21). The van der Waals surface area contributed by atoms with Crippen LogP contribution in [-0.2, 0) is 27.9 Å². The van der Waals surface area contributed by atoms with E-state index in [-0.39, 0.29) is 5.91 Å². The molecule has 0 aromatic carbocycles. The van der Waals surface area contributed by atoms with Crippen LogP contribution in [0.4, 0.5) is 0 Å². The fourth-order valence-corrected chi connectivity index (χ4v) is 6.24. The predicted molar refractivity (Wildman–Crippen MR) is 103 cm³/mol. The first-order chi connectivity index (χ1) is 12.3. The summed E-state index contributed by atoms with van der Waals surface area (Å²) in [5.74, 6) is -0.130. The molecule has 1 aliphatic rings. The first-order valence-corrected chi connectivity index (χ1v) is 11.4. The van der Waals surface area contributed by atoms with Crippen molar-refractivity contribution in [2.45, 2.75) is 31.1 Å². The van der Waals surface area contributed by atoms with Crippen LogP contribution >= 0.6 is 22.7 Å². The summed E-state index contributed by atoms with van der Waals surface area (Å²) >= 11 is 2.85. The third-order valence-corrected chi connectivity index (χ3v) is 8.40. The smallest absolute Gasteiger partial charge is 0.252 e. The van der Waals surface area contributed by atoms with E-state index in [1.165, 1.54) is 18.3 Å². The maximum Gasteiger partial charge on any atom is 0.252 e. The Bertz CT molecular complexity index is 867. The molecule has 142 valence electrons. The van der Waals surface area contributed by atoms with Crippen molar-refractivity contribution in [1.29, 1.82) is 0 Å². The van der Waals surface area contributed by atoms with Gasteiger partial charge in [-0.15, -0.1) is 22.7 Å². The number of aromatic nitrogens is 1. The Hall–Kier alpha value is -1.33. The van der Waals surface area contributed by atoms with Crippen molar-refractivity contribution in [1.82, 2.24) is 19.5 Å². The molecule has 0 aliphatic carbocycles. The molecule has 10 heteroatoms. The highest BCUT2D eigenvalue weighted by Gasteiger charge is 2.29. The van der Waals surface area contributed by atoms with Crippen LogP contribution in [-0.4, -0.2) is 54.7 Å². The Kier molecular flexibility index (Phi) is 6.08. The van der Waals surface area contributed by atoms with E-state index in [9.17, 15) is 13.2 Å². The number of thiazole rings is 1. The Morgan fingerprint density at radius 1 is 1.27 bits per heavy atom. The summed E-state index contributed by atoms with van der Waals surface area (Å²) in [5, 5.41) is 5.79. The summed E-state index contributed by atoms with van der Waals surface area (Å²) in [7, 11) is -3.47. The van der Waals surface area contributed by atoms with Gasteiger partial charge in [0.1, 0.15) is 4.21 Å². The minimum Gasteiger partial charge on any atom is -0.351 e. The largest absolute Gasteiger partial charge is 0.351 e. The second-order valence-corrected chi connectivity index (χ2v) is 10.6. The van der Waals surface area contributed by atoms with Crippen LogP contribution in [0.5, 0.6) is 0 Å². The number of hydrogen-bond acceptors (Lipinski definition) is 7. The van der Waals surface area contributed by atoms with Crippen LogP contribution in [0.25, 0.3) is 0 Å². The minimum absolute atomic E-state index is 0.130. The Labute approximate surface area is 161 Å². The predicted octanol–water partition coefficient (Wildman–Crippen LogP) is 1.66. The third-order valence-electron chi connectivity index (χ3n) is 4.13. The lowest BCUT2D eigenvalue weighted by atomic mass is 10.3. The van der Waals surface area contributed by atoms with Gasteiger partial charge in [0.25, 0.3) is 10.0 Å². The van der Waals surface area contributed by atoms with E-state index in [1.807, 2.05) is 6.92 Å². The number of hydrogen-bond donors (Lipinski definition) is 1. The molecule has 1 saturated heterocycles. The summed E-state index contributed by atoms with van der Waals surface area (Å²) in [6, 6.07) is 3.38. The van der Waals surface area contributed by atoms with Crippen molar-refractivity contribution in [3.05, 3.63) is 33.1 Å². The molecule has 1 N–H and O–H groups in total. The number of nitrogens with zero attached hydrogens (tertiary/aromatic N) is 3. The maximum atomic E-state index is 12.8. The molecule has 3 heterocycles. The van der Waals surface area contributed by atoms with Gasteiger partial charge in [-0.2, -0.15) is 4.31 Å². The van der Waals surface area contributed by atoms with E-state index >= 15 is 0 Å². The van der Waals surface area contributed by atoms with Crippen molar-refractivity contribution in [2.24, 2.45) is 0 Å². The number of nitrogens with one attached hydrogen (secondary N) is 1.